The van der Waals surface area contributed by atoms with Crippen LogP contribution in [-0.2, 0) is 31.2 Å². The van der Waals surface area contributed by atoms with Crippen molar-refractivity contribution in [3.63, 3.8) is 0 Å². The lowest BCUT2D eigenvalue weighted by Crippen LogP contribution is -2.22. The highest BCUT2D eigenvalue weighted by molar-refractivity contribution is 5.99. The van der Waals surface area contributed by atoms with Gasteiger partial charge in [-0.15, -0.1) is 0 Å². The standard InChI is InChI=1S/C24H24N4O.C2H4O/c1-28-21-5-3-2-4-19(21)20-11-17(8-9-22(20)28)24(29)27-13-15-6-7-16-12-23(25)26-14-18(16)10-15;1-2-3/h6-12,14H,2-5,13H2,1H3,(H2,25,26)(H,27,29);2H,1H3. The lowest BCUT2D eigenvalue weighted by atomic mass is 9.95. The Balaban J connectivity index is 0.000000775. The molecule has 0 saturated heterocycles. The van der Waals surface area contributed by atoms with Crippen molar-refractivity contribution in [2.45, 2.75) is 39.2 Å². The minimum absolute atomic E-state index is 0.0455. The van der Waals surface area contributed by atoms with E-state index in [9.17, 15) is 4.79 Å². The average Bonchev–Trinajstić information content (AvgIpc) is 3.10. The summed E-state index contributed by atoms with van der Waals surface area (Å²) in [5, 5.41) is 6.34. The first-order chi connectivity index (χ1) is 15.5. The lowest BCUT2D eigenvalue weighted by Gasteiger charge is -2.13. The number of amides is 1. The van der Waals surface area contributed by atoms with Gasteiger partial charge in [-0.2, -0.15) is 0 Å². The highest BCUT2D eigenvalue weighted by Gasteiger charge is 2.19. The zero-order valence-electron chi connectivity index (χ0n) is 18.5. The number of nitrogens with one attached hydrogen (secondary N) is 1. The summed E-state index contributed by atoms with van der Waals surface area (Å²) >= 11 is 0. The molecule has 0 saturated carbocycles. The Hall–Kier alpha value is -3.67. The second-order valence-electron chi connectivity index (χ2n) is 8.13. The fourth-order valence-electron chi connectivity index (χ4n) is 4.51. The number of nitrogen functional groups attached to an aromatic ring is 1. The van der Waals surface area contributed by atoms with Crippen LogP contribution in [0.2, 0.25) is 0 Å². The molecular weight excluding hydrogens is 400 g/mol. The number of nitrogens with two attached hydrogens (primary N) is 1. The summed E-state index contributed by atoms with van der Waals surface area (Å²) in [7, 11) is 2.13. The number of aryl methyl sites for hydroxylation is 2. The molecule has 164 valence electrons. The molecule has 2 aromatic heterocycles. The fourth-order valence-corrected chi connectivity index (χ4v) is 4.51. The molecule has 1 aliphatic rings. The maximum atomic E-state index is 12.8. The maximum Gasteiger partial charge on any atom is 0.251 e. The van der Waals surface area contributed by atoms with Crippen LogP contribution in [-0.4, -0.2) is 21.7 Å². The van der Waals surface area contributed by atoms with Crippen molar-refractivity contribution in [1.29, 1.82) is 0 Å². The van der Waals surface area contributed by atoms with E-state index in [0.29, 0.717) is 17.9 Å². The highest BCUT2D eigenvalue weighted by atomic mass is 16.1. The van der Waals surface area contributed by atoms with Gasteiger partial charge in [0.1, 0.15) is 12.1 Å². The molecule has 0 spiro atoms. The molecule has 0 atom stereocenters. The van der Waals surface area contributed by atoms with Gasteiger partial charge in [0.15, 0.2) is 0 Å². The van der Waals surface area contributed by atoms with Crippen molar-refractivity contribution in [3.05, 3.63) is 71.0 Å². The van der Waals surface area contributed by atoms with Gasteiger partial charge in [0.25, 0.3) is 5.91 Å². The minimum atomic E-state index is -0.0455. The summed E-state index contributed by atoms with van der Waals surface area (Å²) in [6.45, 7) is 1.92. The third-order valence-electron chi connectivity index (χ3n) is 6.05. The van der Waals surface area contributed by atoms with Crippen LogP contribution in [0, 0.1) is 0 Å². The zero-order chi connectivity index (χ0) is 22.7. The smallest absolute Gasteiger partial charge is 0.251 e. The second-order valence-corrected chi connectivity index (χ2v) is 8.13. The molecule has 2 aromatic carbocycles. The van der Waals surface area contributed by atoms with Gasteiger partial charge in [-0.05, 0) is 79.5 Å². The molecular formula is C26H28N4O2. The Labute approximate surface area is 187 Å². The molecule has 6 heteroatoms. The Bertz CT molecular complexity index is 1310. The van der Waals surface area contributed by atoms with Crippen molar-refractivity contribution in [2.75, 3.05) is 5.73 Å². The predicted molar refractivity (Wildman–Crippen MR) is 129 cm³/mol. The summed E-state index contributed by atoms with van der Waals surface area (Å²) in [5.41, 5.74) is 11.6. The number of carbonyl (C=O) groups is 2. The molecule has 1 aliphatic carbocycles. The largest absolute Gasteiger partial charge is 0.384 e. The molecule has 0 bridgehead atoms. The number of rotatable bonds is 3. The van der Waals surface area contributed by atoms with Crippen LogP contribution in [0.3, 0.4) is 0 Å². The third-order valence-corrected chi connectivity index (χ3v) is 6.05. The molecule has 6 nitrogen and oxygen atoms in total. The third kappa shape index (κ3) is 4.21. The van der Waals surface area contributed by atoms with Crippen molar-refractivity contribution < 1.29 is 9.59 Å². The highest BCUT2D eigenvalue weighted by Crippen LogP contribution is 2.32. The normalized spacial score (nSPS) is 12.7. The Morgan fingerprint density at radius 2 is 1.91 bits per heavy atom. The number of fused-ring (bicyclic) bond motifs is 4. The predicted octanol–water partition coefficient (Wildman–Crippen LogP) is 4.32. The Morgan fingerprint density at radius 1 is 1.12 bits per heavy atom. The molecule has 1 amide bonds. The molecule has 5 rings (SSSR count). The van der Waals surface area contributed by atoms with Gasteiger partial charge in [-0.3, -0.25) is 4.79 Å². The SMILES string of the molecule is CC=O.Cn1c2c(c3cc(C(=O)NCc4ccc5cc(N)ncc5c4)ccc31)CCCC2. The molecule has 4 aromatic rings. The van der Waals surface area contributed by atoms with E-state index in [1.54, 1.807) is 6.20 Å². The van der Waals surface area contributed by atoms with Crippen LogP contribution >= 0.6 is 0 Å². The molecule has 0 radical (unpaired) electrons. The van der Waals surface area contributed by atoms with E-state index in [0.717, 1.165) is 35.5 Å². The Morgan fingerprint density at radius 3 is 2.72 bits per heavy atom. The number of aldehydes is 1. The maximum absolute atomic E-state index is 12.8. The molecule has 0 aliphatic heterocycles. The molecule has 0 fully saturated rings. The van der Waals surface area contributed by atoms with E-state index in [2.05, 4.69) is 34.0 Å². The summed E-state index contributed by atoms with van der Waals surface area (Å²) in [6, 6.07) is 14.0. The number of anilines is 1. The average molecular weight is 429 g/mol. The monoisotopic (exact) mass is 428 g/mol. The molecule has 0 unspecified atom stereocenters. The quantitative estimate of drug-likeness (QED) is 0.476. The summed E-state index contributed by atoms with van der Waals surface area (Å²) in [5.74, 6) is 0.466. The lowest BCUT2D eigenvalue weighted by molar-refractivity contribution is -0.106. The number of nitrogens with zero attached hydrogens (tertiary/aromatic N) is 2. The van der Waals surface area contributed by atoms with Crippen LogP contribution in [0.5, 0.6) is 0 Å². The molecule has 32 heavy (non-hydrogen) atoms. The zero-order valence-corrected chi connectivity index (χ0v) is 18.5. The van der Waals surface area contributed by atoms with Gasteiger partial charge in [0.2, 0.25) is 0 Å². The topological polar surface area (TPSA) is 90.0 Å². The number of hydrogen-bond donors (Lipinski definition) is 2. The number of aromatic nitrogens is 2. The number of benzene rings is 2. The number of pyridine rings is 1. The van der Waals surface area contributed by atoms with Crippen molar-refractivity contribution in [2.24, 2.45) is 7.05 Å². The van der Waals surface area contributed by atoms with Crippen LogP contribution in [0.1, 0.15) is 46.9 Å². The van der Waals surface area contributed by atoms with E-state index < -0.39 is 0 Å². The molecule has 2 heterocycles. The summed E-state index contributed by atoms with van der Waals surface area (Å²) in [4.78, 5) is 25.7. The minimum Gasteiger partial charge on any atom is -0.384 e. The first-order valence-corrected chi connectivity index (χ1v) is 10.9. The first-order valence-electron chi connectivity index (χ1n) is 10.9. The van der Waals surface area contributed by atoms with Crippen molar-refractivity contribution >= 4 is 39.7 Å². The van der Waals surface area contributed by atoms with Gasteiger partial charge in [0, 0.05) is 47.3 Å². The van der Waals surface area contributed by atoms with E-state index in [-0.39, 0.29) is 5.91 Å². The van der Waals surface area contributed by atoms with Gasteiger partial charge in [-0.25, -0.2) is 4.98 Å². The van der Waals surface area contributed by atoms with Gasteiger partial charge in [0.05, 0.1) is 0 Å². The van der Waals surface area contributed by atoms with Crippen molar-refractivity contribution in [3.8, 4) is 0 Å². The van der Waals surface area contributed by atoms with Gasteiger partial charge in [-0.1, -0.05) is 12.1 Å². The first kappa shape index (κ1) is 21.6. The van der Waals surface area contributed by atoms with Gasteiger partial charge >= 0.3 is 0 Å². The van der Waals surface area contributed by atoms with Crippen LogP contribution in [0.25, 0.3) is 21.7 Å². The number of carbonyl (C=O) groups excluding carboxylic acids is 2. The summed E-state index contributed by atoms with van der Waals surface area (Å²) < 4.78 is 2.29. The van der Waals surface area contributed by atoms with Crippen LogP contribution in [0.4, 0.5) is 5.82 Å². The Kier molecular flexibility index (Phi) is 6.21. The van der Waals surface area contributed by atoms with E-state index in [1.165, 1.54) is 41.9 Å². The van der Waals surface area contributed by atoms with Crippen LogP contribution in [0.15, 0.2) is 48.7 Å². The number of hydrogen-bond acceptors (Lipinski definition) is 4. The summed E-state index contributed by atoms with van der Waals surface area (Å²) in [6.07, 6.45) is 7.23. The second kappa shape index (κ2) is 9.22. The molecule has 3 N–H and O–H groups in total. The van der Waals surface area contributed by atoms with Crippen molar-refractivity contribution in [1.82, 2.24) is 14.9 Å². The van der Waals surface area contributed by atoms with Gasteiger partial charge < -0.3 is 20.4 Å². The van der Waals surface area contributed by atoms with Crippen LogP contribution < -0.4 is 11.1 Å². The van der Waals surface area contributed by atoms with E-state index in [4.69, 9.17) is 10.5 Å². The van der Waals surface area contributed by atoms with E-state index >= 15 is 0 Å². The fraction of sp³-hybridized carbons (Fsp3) is 0.269. The van der Waals surface area contributed by atoms with E-state index in [1.807, 2.05) is 30.3 Å².